The Morgan fingerprint density at radius 3 is 2.62 bits per heavy atom. The lowest BCUT2D eigenvalue weighted by Crippen LogP contribution is -2.07. The van der Waals surface area contributed by atoms with Crippen LogP contribution in [0, 0.1) is 0 Å². The maximum Gasteiger partial charge on any atom is 0.248 e. The summed E-state index contributed by atoms with van der Waals surface area (Å²) in [5, 5.41) is 23.4. The van der Waals surface area contributed by atoms with Gasteiger partial charge in [-0.1, -0.05) is 29.8 Å². The normalized spacial score (nSPS) is 11.2. The Kier molecular flexibility index (Phi) is 4.69. The van der Waals surface area contributed by atoms with Crippen molar-refractivity contribution in [3.8, 4) is 5.88 Å². The van der Waals surface area contributed by atoms with Gasteiger partial charge in [0.2, 0.25) is 11.8 Å². The Hall–Kier alpha value is -3.25. The monoisotopic (exact) mass is 370 g/mol. The Morgan fingerprint density at radius 2 is 1.92 bits per heavy atom. The van der Waals surface area contributed by atoms with Crippen LogP contribution in [0.4, 0.5) is 5.69 Å². The number of aromatic hydroxyl groups is 1. The minimum absolute atomic E-state index is 0.0268. The first-order chi connectivity index (χ1) is 12.4. The molecule has 0 saturated heterocycles. The zero-order valence-electron chi connectivity index (χ0n) is 13.7. The predicted molar refractivity (Wildman–Crippen MR) is 99.9 cm³/mol. The molecule has 3 aromatic rings. The Bertz CT molecular complexity index is 1050. The third-order valence-electron chi connectivity index (χ3n) is 3.86. The molecule has 0 radical (unpaired) electrons. The SMILES string of the molecule is CC(=O)c1c(O)n(O)c2cc(NC(=O)/C=C/c3ccccc3Cl)ccc12. The summed E-state index contributed by atoms with van der Waals surface area (Å²) in [7, 11) is 0. The molecule has 26 heavy (non-hydrogen) atoms. The van der Waals surface area contributed by atoms with Gasteiger partial charge >= 0.3 is 0 Å². The van der Waals surface area contributed by atoms with E-state index in [4.69, 9.17) is 11.6 Å². The number of anilines is 1. The van der Waals surface area contributed by atoms with E-state index < -0.39 is 11.8 Å². The number of fused-ring (bicyclic) bond motifs is 1. The van der Waals surface area contributed by atoms with Crippen LogP contribution in [0.3, 0.4) is 0 Å². The minimum Gasteiger partial charge on any atom is -0.492 e. The van der Waals surface area contributed by atoms with Crippen LogP contribution in [0.1, 0.15) is 22.8 Å². The highest BCUT2D eigenvalue weighted by atomic mass is 35.5. The number of carbonyl (C=O) groups is 2. The van der Waals surface area contributed by atoms with E-state index in [1.54, 1.807) is 36.4 Å². The van der Waals surface area contributed by atoms with Gasteiger partial charge in [0.05, 0.1) is 11.1 Å². The molecule has 3 rings (SSSR count). The summed E-state index contributed by atoms with van der Waals surface area (Å²) in [6, 6.07) is 11.7. The highest BCUT2D eigenvalue weighted by molar-refractivity contribution is 6.32. The Balaban J connectivity index is 1.85. The van der Waals surface area contributed by atoms with Crippen LogP contribution >= 0.6 is 11.6 Å². The molecule has 0 aliphatic carbocycles. The molecule has 1 amide bonds. The summed E-state index contributed by atoms with van der Waals surface area (Å²) < 4.78 is 0.515. The number of hydrogen-bond donors (Lipinski definition) is 3. The number of halogens is 1. The van der Waals surface area contributed by atoms with E-state index in [0.29, 0.717) is 26.4 Å². The second-order valence-electron chi connectivity index (χ2n) is 5.64. The summed E-state index contributed by atoms with van der Waals surface area (Å²) in [6.45, 7) is 1.30. The summed E-state index contributed by atoms with van der Waals surface area (Å²) in [5.74, 6) is -1.30. The van der Waals surface area contributed by atoms with Crippen molar-refractivity contribution in [3.05, 3.63) is 64.7 Å². The van der Waals surface area contributed by atoms with E-state index in [-0.39, 0.29) is 16.9 Å². The van der Waals surface area contributed by atoms with Crippen LogP contribution in [0.5, 0.6) is 5.88 Å². The number of hydrogen-bond acceptors (Lipinski definition) is 4. The molecule has 0 atom stereocenters. The predicted octanol–water partition coefficient (Wildman–Crippen LogP) is 4.09. The van der Waals surface area contributed by atoms with Gasteiger partial charge in [0.25, 0.3) is 0 Å². The van der Waals surface area contributed by atoms with Gasteiger partial charge in [-0.05, 0) is 42.8 Å². The van der Waals surface area contributed by atoms with E-state index >= 15 is 0 Å². The summed E-state index contributed by atoms with van der Waals surface area (Å²) in [5.41, 5.74) is 1.34. The lowest BCUT2D eigenvalue weighted by atomic mass is 10.1. The van der Waals surface area contributed by atoms with E-state index in [9.17, 15) is 19.9 Å². The van der Waals surface area contributed by atoms with Crippen LogP contribution in [0.2, 0.25) is 5.02 Å². The maximum absolute atomic E-state index is 12.1. The number of rotatable bonds is 4. The lowest BCUT2D eigenvalue weighted by molar-refractivity contribution is -0.111. The first kappa shape index (κ1) is 17.6. The highest BCUT2D eigenvalue weighted by Gasteiger charge is 2.20. The first-order valence-corrected chi connectivity index (χ1v) is 8.07. The van der Waals surface area contributed by atoms with Crippen molar-refractivity contribution in [3.63, 3.8) is 0 Å². The van der Waals surface area contributed by atoms with Crippen molar-refractivity contribution >= 4 is 46.0 Å². The van der Waals surface area contributed by atoms with Gasteiger partial charge in [0.15, 0.2) is 5.78 Å². The van der Waals surface area contributed by atoms with Gasteiger partial charge < -0.3 is 15.6 Å². The molecule has 0 aliphatic heterocycles. The molecule has 0 saturated carbocycles. The average Bonchev–Trinajstić information content (AvgIpc) is 2.85. The quantitative estimate of drug-likeness (QED) is 0.366. The fourth-order valence-electron chi connectivity index (χ4n) is 2.64. The van der Waals surface area contributed by atoms with E-state index in [0.717, 1.165) is 0 Å². The summed E-state index contributed by atoms with van der Waals surface area (Å²) >= 11 is 6.03. The number of benzene rings is 2. The van der Waals surface area contributed by atoms with Crippen molar-refractivity contribution in [2.45, 2.75) is 6.92 Å². The number of carbonyl (C=O) groups excluding carboxylic acids is 2. The smallest absolute Gasteiger partial charge is 0.248 e. The molecule has 7 heteroatoms. The Morgan fingerprint density at radius 1 is 1.19 bits per heavy atom. The molecule has 1 aromatic heterocycles. The molecular formula is C19H15ClN2O4. The van der Waals surface area contributed by atoms with Crippen molar-refractivity contribution in [2.75, 3.05) is 5.32 Å². The molecule has 0 aliphatic rings. The van der Waals surface area contributed by atoms with Crippen LogP contribution in [-0.4, -0.2) is 26.7 Å². The number of Topliss-reactive ketones (excluding diaryl/α,β-unsaturated/α-hetero) is 1. The molecule has 6 nitrogen and oxygen atoms in total. The number of nitrogens with one attached hydrogen (secondary N) is 1. The topological polar surface area (TPSA) is 91.6 Å². The first-order valence-electron chi connectivity index (χ1n) is 7.69. The third kappa shape index (κ3) is 3.27. The minimum atomic E-state index is -0.533. The summed E-state index contributed by atoms with van der Waals surface area (Å²) in [4.78, 5) is 23.7. The van der Waals surface area contributed by atoms with Gasteiger partial charge in [-0.2, -0.15) is 4.73 Å². The molecule has 0 unspecified atom stereocenters. The van der Waals surface area contributed by atoms with E-state index in [1.807, 2.05) is 6.07 Å². The largest absolute Gasteiger partial charge is 0.492 e. The van der Waals surface area contributed by atoms with Gasteiger partial charge in [-0.25, -0.2) is 0 Å². The van der Waals surface area contributed by atoms with Gasteiger partial charge in [0, 0.05) is 22.2 Å². The summed E-state index contributed by atoms with van der Waals surface area (Å²) in [6.07, 6.45) is 2.92. The standard InChI is InChI=1S/C19H15ClN2O4/c1-11(23)18-14-8-7-13(10-16(14)22(26)19(18)25)21-17(24)9-6-12-4-2-3-5-15(12)20/h2-10,25-26H,1H3,(H,21,24)/b9-6+. The van der Waals surface area contributed by atoms with E-state index in [1.165, 1.54) is 19.1 Å². The molecule has 0 spiro atoms. The molecule has 0 fully saturated rings. The van der Waals surface area contributed by atoms with Crippen molar-refractivity contribution in [1.82, 2.24) is 4.73 Å². The highest BCUT2D eigenvalue weighted by Crippen LogP contribution is 2.32. The zero-order chi connectivity index (χ0) is 18.8. The number of aromatic nitrogens is 1. The molecular weight excluding hydrogens is 356 g/mol. The third-order valence-corrected chi connectivity index (χ3v) is 4.20. The number of amides is 1. The van der Waals surface area contributed by atoms with Crippen molar-refractivity contribution in [2.24, 2.45) is 0 Å². The fraction of sp³-hybridized carbons (Fsp3) is 0.0526. The van der Waals surface area contributed by atoms with Gasteiger partial charge in [-0.15, -0.1) is 0 Å². The molecule has 0 bridgehead atoms. The fourth-order valence-corrected chi connectivity index (χ4v) is 2.84. The van der Waals surface area contributed by atoms with Gasteiger partial charge in [0.1, 0.15) is 0 Å². The molecule has 2 aromatic carbocycles. The van der Waals surface area contributed by atoms with Gasteiger partial charge in [-0.3, -0.25) is 9.59 Å². The van der Waals surface area contributed by atoms with Crippen LogP contribution < -0.4 is 5.32 Å². The van der Waals surface area contributed by atoms with Crippen LogP contribution in [-0.2, 0) is 4.79 Å². The van der Waals surface area contributed by atoms with Crippen LogP contribution in [0.25, 0.3) is 17.0 Å². The van der Waals surface area contributed by atoms with Crippen molar-refractivity contribution in [1.29, 1.82) is 0 Å². The number of nitrogens with zero attached hydrogens (tertiary/aromatic N) is 1. The zero-order valence-corrected chi connectivity index (χ0v) is 14.5. The molecule has 132 valence electrons. The second-order valence-corrected chi connectivity index (χ2v) is 6.05. The average molecular weight is 371 g/mol. The maximum atomic E-state index is 12.1. The van der Waals surface area contributed by atoms with Crippen molar-refractivity contribution < 1.29 is 19.9 Å². The lowest BCUT2D eigenvalue weighted by Gasteiger charge is -2.03. The van der Waals surface area contributed by atoms with Crippen LogP contribution in [0.15, 0.2) is 48.5 Å². The molecule has 3 N–H and O–H groups in total. The number of ketones is 1. The molecule has 1 heterocycles. The Labute approximate surface area is 153 Å². The second kappa shape index (κ2) is 6.93. The van der Waals surface area contributed by atoms with E-state index in [2.05, 4.69) is 5.32 Å².